The van der Waals surface area contributed by atoms with Gasteiger partial charge in [0.05, 0.1) is 19.9 Å². The fourth-order valence-electron chi connectivity index (χ4n) is 3.09. The quantitative estimate of drug-likeness (QED) is 0.172. The number of unbranched alkanes of at least 4 members (excludes halogenated alkanes) is 14. The fourth-order valence-corrected chi connectivity index (χ4v) is 3.09. The van der Waals surface area contributed by atoms with Crippen LogP contribution in [0.5, 0.6) is 0 Å². The first-order chi connectivity index (χ1) is 14.2. The van der Waals surface area contributed by atoms with Crippen LogP contribution in [0.3, 0.4) is 0 Å². The second-order valence-electron chi connectivity index (χ2n) is 7.75. The molecule has 0 aliphatic rings. The van der Waals surface area contributed by atoms with Crippen molar-refractivity contribution >= 4 is 12.2 Å². The molecule has 6 nitrogen and oxygen atoms in total. The molecule has 0 atom stereocenters. The lowest BCUT2D eigenvalue weighted by atomic mass is 10.1. The molecule has 0 aromatic rings. The van der Waals surface area contributed by atoms with E-state index >= 15 is 0 Å². The highest BCUT2D eigenvalue weighted by Crippen LogP contribution is 2.09. The maximum Gasteiger partial charge on any atom is 0.408 e. The Hall–Kier alpha value is -1.46. The summed E-state index contributed by atoms with van der Waals surface area (Å²) in [4.78, 5) is 23.1. The summed E-state index contributed by atoms with van der Waals surface area (Å²) in [5.74, 6) is 0. The maximum atomic E-state index is 11.5. The number of carbonyl (C=O) groups is 2. The summed E-state index contributed by atoms with van der Waals surface area (Å²) >= 11 is 0. The molecule has 0 unspecified atom stereocenters. The van der Waals surface area contributed by atoms with Crippen molar-refractivity contribution < 1.29 is 19.1 Å². The van der Waals surface area contributed by atoms with E-state index < -0.39 is 12.2 Å². The number of rotatable bonds is 20. The van der Waals surface area contributed by atoms with Crippen LogP contribution in [0.15, 0.2) is 0 Å². The van der Waals surface area contributed by atoms with Gasteiger partial charge in [-0.15, -0.1) is 0 Å². The summed E-state index contributed by atoms with van der Waals surface area (Å²) < 4.78 is 10.2. The summed E-state index contributed by atoms with van der Waals surface area (Å²) in [7, 11) is 0. The van der Waals surface area contributed by atoms with Crippen LogP contribution in [-0.2, 0) is 9.47 Å². The number of ether oxygens (including phenoxy) is 2. The summed E-state index contributed by atoms with van der Waals surface area (Å²) in [5.41, 5.74) is 0. The fraction of sp³-hybridized carbons (Fsp3) is 0.913. The van der Waals surface area contributed by atoms with Crippen molar-refractivity contribution in [2.24, 2.45) is 0 Å². The van der Waals surface area contributed by atoms with Gasteiger partial charge < -0.3 is 20.1 Å². The third kappa shape index (κ3) is 22.7. The predicted octanol–water partition coefficient (Wildman–Crippen LogP) is 6.68. The Bertz CT molecular complexity index is 344. The summed E-state index contributed by atoms with van der Waals surface area (Å²) in [5, 5.41) is 5.00. The van der Waals surface area contributed by atoms with Crippen molar-refractivity contribution in [2.75, 3.05) is 19.9 Å². The van der Waals surface area contributed by atoms with Crippen molar-refractivity contribution in [3.8, 4) is 0 Å². The number of carbonyl (C=O) groups excluding carboxylic acids is 2. The highest BCUT2D eigenvalue weighted by atomic mass is 16.6. The molecular formula is C23H46N2O4. The van der Waals surface area contributed by atoms with Crippen LogP contribution >= 0.6 is 0 Å². The second-order valence-corrected chi connectivity index (χ2v) is 7.75. The van der Waals surface area contributed by atoms with Crippen LogP contribution in [0.25, 0.3) is 0 Å². The zero-order chi connectivity index (χ0) is 21.4. The Morgan fingerprint density at radius 1 is 0.517 bits per heavy atom. The molecule has 2 N–H and O–H groups in total. The molecular weight excluding hydrogens is 368 g/mol. The minimum absolute atomic E-state index is 0.0204. The van der Waals surface area contributed by atoms with Crippen LogP contribution in [0.1, 0.15) is 117 Å². The molecule has 29 heavy (non-hydrogen) atoms. The summed E-state index contributed by atoms with van der Waals surface area (Å²) in [6.07, 6.45) is 18.3. The molecule has 0 aliphatic carbocycles. The molecule has 172 valence electrons. The van der Waals surface area contributed by atoms with Gasteiger partial charge in [0.25, 0.3) is 0 Å². The van der Waals surface area contributed by atoms with E-state index in [0.29, 0.717) is 13.2 Å². The molecule has 0 heterocycles. The predicted molar refractivity (Wildman–Crippen MR) is 119 cm³/mol. The Morgan fingerprint density at radius 2 is 0.828 bits per heavy atom. The van der Waals surface area contributed by atoms with Crippen LogP contribution in [0.4, 0.5) is 9.59 Å². The van der Waals surface area contributed by atoms with Gasteiger partial charge in [-0.1, -0.05) is 104 Å². The van der Waals surface area contributed by atoms with Crippen LogP contribution in [0, 0.1) is 0 Å². The average molecular weight is 415 g/mol. The normalized spacial score (nSPS) is 10.6. The lowest BCUT2D eigenvalue weighted by molar-refractivity contribution is 0.135. The second kappa shape index (κ2) is 22.8. The number of hydrogen-bond acceptors (Lipinski definition) is 4. The van der Waals surface area contributed by atoms with Crippen LogP contribution in [-0.4, -0.2) is 32.1 Å². The molecule has 0 saturated carbocycles. The maximum absolute atomic E-state index is 11.5. The van der Waals surface area contributed by atoms with E-state index in [1.807, 2.05) is 0 Å². The highest BCUT2D eigenvalue weighted by Gasteiger charge is 2.04. The van der Waals surface area contributed by atoms with Gasteiger partial charge in [-0.3, -0.25) is 0 Å². The molecule has 0 fully saturated rings. The molecule has 0 radical (unpaired) electrons. The first-order valence-electron chi connectivity index (χ1n) is 12.0. The first kappa shape index (κ1) is 27.5. The smallest absolute Gasteiger partial charge is 0.408 e. The van der Waals surface area contributed by atoms with Crippen molar-refractivity contribution in [3.63, 3.8) is 0 Å². The Kier molecular flexibility index (Phi) is 21.7. The lowest BCUT2D eigenvalue weighted by Gasteiger charge is -2.09. The minimum atomic E-state index is -0.503. The minimum Gasteiger partial charge on any atom is -0.450 e. The van der Waals surface area contributed by atoms with E-state index in [-0.39, 0.29) is 6.67 Å². The topological polar surface area (TPSA) is 76.7 Å². The van der Waals surface area contributed by atoms with Crippen molar-refractivity contribution in [1.29, 1.82) is 0 Å². The molecule has 0 bridgehead atoms. The number of nitrogens with one attached hydrogen (secondary N) is 2. The Morgan fingerprint density at radius 3 is 1.17 bits per heavy atom. The van der Waals surface area contributed by atoms with Gasteiger partial charge in [-0.05, 0) is 12.8 Å². The third-order valence-electron chi connectivity index (χ3n) is 4.93. The van der Waals surface area contributed by atoms with Gasteiger partial charge in [-0.2, -0.15) is 0 Å². The van der Waals surface area contributed by atoms with E-state index in [9.17, 15) is 9.59 Å². The van der Waals surface area contributed by atoms with Gasteiger partial charge in [0.15, 0.2) is 0 Å². The van der Waals surface area contributed by atoms with Gasteiger partial charge in [0.2, 0.25) is 0 Å². The molecule has 0 aliphatic heterocycles. The monoisotopic (exact) mass is 414 g/mol. The van der Waals surface area contributed by atoms with Gasteiger partial charge in [-0.25, -0.2) is 9.59 Å². The number of amides is 2. The van der Waals surface area contributed by atoms with E-state index in [4.69, 9.17) is 9.47 Å². The van der Waals surface area contributed by atoms with Crippen molar-refractivity contribution in [3.05, 3.63) is 0 Å². The van der Waals surface area contributed by atoms with Crippen molar-refractivity contribution in [1.82, 2.24) is 10.6 Å². The largest absolute Gasteiger partial charge is 0.450 e. The van der Waals surface area contributed by atoms with Crippen molar-refractivity contribution in [2.45, 2.75) is 117 Å². The molecule has 6 heteroatoms. The molecule has 2 amide bonds. The van der Waals surface area contributed by atoms with Gasteiger partial charge in [0, 0.05) is 0 Å². The number of hydrogen-bond donors (Lipinski definition) is 2. The van der Waals surface area contributed by atoms with E-state index in [0.717, 1.165) is 25.7 Å². The van der Waals surface area contributed by atoms with Crippen LogP contribution < -0.4 is 10.6 Å². The molecule has 0 saturated heterocycles. The Labute approximate surface area is 178 Å². The molecule has 0 rings (SSSR count). The Balaban J connectivity index is 3.31. The first-order valence-corrected chi connectivity index (χ1v) is 12.0. The van der Waals surface area contributed by atoms with Gasteiger partial charge >= 0.3 is 12.2 Å². The van der Waals surface area contributed by atoms with Gasteiger partial charge in [0.1, 0.15) is 0 Å². The van der Waals surface area contributed by atoms with E-state index in [2.05, 4.69) is 24.5 Å². The van der Waals surface area contributed by atoms with E-state index in [1.165, 1.54) is 77.0 Å². The molecule has 0 spiro atoms. The lowest BCUT2D eigenvalue weighted by Crippen LogP contribution is -2.38. The highest BCUT2D eigenvalue weighted by molar-refractivity contribution is 5.69. The zero-order valence-electron chi connectivity index (χ0n) is 19.1. The third-order valence-corrected chi connectivity index (χ3v) is 4.93. The summed E-state index contributed by atoms with van der Waals surface area (Å²) in [6, 6.07) is 0. The van der Waals surface area contributed by atoms with E-state index in [1.54, 1.807) is 0 Å². The van der Waals surface area contributed by atoms with Crippen LogP contribution in [0.2, 0.25) is 0 Å². The average Bonchev–Trinajstić information content (AvgIpc) is 2.71. The molecule has 0 aromatic carbocycles. The SMILES string of the molecule is CCCCCCCCCCOC(=O)NCNC(=O)OCCCCCCCCCC. The summed E-state index contributed by atoms with van der Waals surface area (Å²) in [6.45, 7) is 5.30. The number of alkyl carbamates (subject to hydrolysis) is 2. The molecule has 0 aromatic heterocycles. The standard InChI is InChI=1S/C23H46N2O4/c1-3-5-7-9-11-13-15-17-19-28-22(26)24-21-25-23(27)29-20-18-16-14-12-10-8-6-4-2/h3-21H2,1-2H3,(H,24,26)(H,25,27). The zero-order valence-corrected chi connectivity index (χ0v) is 19.1.